The molecular weight excluding hydrogens is 318 g/mol. The lowest BCUT2D eigenvalue weighted by Crippen LogP contribution is -2.37. The highest BCUT2D eigenvalue weighted by atomic mass is 28.3. The standard InChI is InChI=1S/C19H23NO3Si/c1-5-23-19(22)15-6-10-16(11-7-15)20-18(21)14-8-12-17(13-9-14)24(2,3)4/h6-13H,5H2,1-4H3,(H,20,21). The van der Waals surface area contributed by atoms with Gasteiger partial charge < -0.3 is 10.1 Å². The monoisotopic (exact) mass is 341 g/mol. The number of rotatable bonds is 5. The summed E-state index contributed by atoms with van der Waals surface area (Å²) in [7, 11) is -1.36. The lowest BCUT2D eigenvalue weighted by molar-refractivity contribution is 0.0526. The van der Waals surface area contributed by atoms with E-state index < -0.39 is 8.07 Å². The summed E-state index contributed by atoms with van der Waals surface area (Å²) in [5, 5.41) is 4.15. The summed E-state index contributed by atoms with van der Waals surface area (Å²) >= 11 is 0. The summed E-state index contributed by atoms with van der Waals surface area (Å²) in [6, 6.07) is 14.5. The second-order valence-corrected chi connectivity index (χ2v) is 11.7. The van der Waals surface area contributed by atoms with Gasteiger partial charge in [0.2, 0.25) is 0 Å². The molecule has 0 aliphatic heterocycles. The molecule has 4 nitrogen and oxygen atoms in total. The number of benzene rings is 2. The van der Waals surface area contributed by atoms with Gasteiger partial charge in [-0.05, 0) is 43.3 Å². The van der Waals surface area contributed by atoms with Gasteiger partial charge in [0.05, 0.1) is 20.2 Å². The number of amides is 1. The van der Waals surface area contributed by atoms with Crippen LogP contribution in [0.25, 0.3) is 0 Å². The summed E-state index contributed by atoms with van der Waals surface area (Å²) in [6.07, 6.45) is 0. The molecule has 0 aliphatic carbocycles. The molecule has 0 unspecified atom stereocenters. The average Bonchev–Trinajstić information content (AvgIpc) is 2.55. The zero-order valence-electron chi connectivity index (χ0n) is 14.6. The minimum Gasteiger partial charge on any atom is -0.462 e. The number of esters is 1. The Morgan fingerprint density at radius 2 is 1.46 bits per heavy atom. The zero-order valence-corrected chi connectivity index (χ0v) is 15.6. The van der Waals surface area contributed by atoms with E-state index in [4.69, 9.17) is 4.74 Å². The van der Waals surface area contributed by atoms with Crippen LogP contribution in [-0.4, -0.2) is 26.6 Å². The highest BCUT2D eigenvalue weighted by molar-refractivity contribution is 6.88. The Morgan fingerprint density at radius 1 is 0.917 bits per heavy atom. The molecule has 1 N–H and O–H groups in total. The summed E-state index contributed by atoms with van der Waals surface area (Å²) in [6.45, 7) is 8.91. The van der Waals surface area contributed by atoms with Crippen LogP contribution in [0.1, 0.15) is 27.6 Å². The number of ether oxygens (including phenoxy) is 1. The van der Waals surface area contributed by atoms with Gasteiger partial charge >= 0.3 is 5.97 Å². The smallest absolute Gasteiger partial charge is 0.338 e. The Morgan fingerprint density at radius 3 is 1.96 bits per heavy atom. The lowest BCUT2D eigenvalue weighted by atomic mass is 10.2. The van der Waals surface area contributed by atoms with Gasteiger partial charge in [-0.25, -0.2) is 4.79 Å². The van der Waals surface area contributed by atoms with Crippen molar-refractivity contribution in [3.8, 4) is 0 Å². The largest absolute Gasteiger partial charge is 0.462 e. The molecule has 0 aliphatic rings. The van der Waals surface area contributed by atoms with E-state index >= 15 is 0 Å². The fourth-order valence-electron chi connectivity index (χ4n) is 2.23. The summed E-state index contributed by atoms with van der Waals surface area (Å²) in [5.74, 6) is -0.529. The maximum absolute atomic E-state index is 12.3. The molecule has 0 radical (unpaired) electrons. The molecule has 5 heteroatoms. The third-order valence-electron chi connectivity index (χ3n) is 3.67. The molecule has 0 saturated heterocycles. The van der Waals surface area contributed by atoms with Crippen LogP contribution >= 0.6 is 0 Å². The number of anilines is 1. The van der Waals surface area contributed by atoms with Crippen molar-refractivity contribution >= 4 is 30.8 Å². The normalized spacial score (nSPS) is 11.0. The van der Waals surface area contributed by atoms with E-state index in [-0.39, 0.29) is 11.9 Å². The van der Waals surface area contributed by atoms with Gasteiger partial charge in [0.1, 0.15) is 0 Å². The summed E-state index contributed by atoms with van der Waals surface area (Å²) in [5.41, 5.74) is 1.73. The number of carbonyl (C=O) groups excluding carboxylic acids is 2. The van der Waals surface area contributed by atoms with Crippen LogP contribution in [0.3, 0.4) is 0 Å². The second-order valence-electron chi connectivity index (χ2n) is 6.58. The predicted octanol–water partition coefficient (Wildman–Crippen LogP) is 3.66. The lowest BCUT2D eigenvalue weighted by Gasteiger charge is -2.16. The number of carbonyl (C=O) groups is 2. The van der Waals surface area contributed by atoms with E-state index in [0.29, 0.717) is 23.4 Å². The number of nitrogens with one attached hydrogen (secondary N) is 1. The Hall–Kier alpha value is -2.40. The maximum atomic E-state index is 12.3. The van der Waals surface area contributed by atoms with Gasteiger partial charge in [-0.3, -0.25) is 4.79 Å². The molecular formula is C19H23NO3Si. The van der Waals surface area contributed by atoms with E-state index in [1.165, 1.54) is 5.19 Å². The molecule has 2 rings (SSSR count). The molecule has 0 bridgehead atoms. The van der Waals surface area contributed by atoms with Crippen molar-refractivity contribution in [1.29, 1.82) is 0 Å². The molecule has 0 saturated carbocycles. The van der Waals surface area contributed by atoms with Gasteiger partial charge in [0.15, 0.2) is 0 Å². The minimum absolute atomic E-state index is 0.166. The van der Waals surface area contributed by atoms with Gasteiger partial charge in [-0.15, -0.1) is 0 Å². The number of hydrogen-bond acceptors (Lipinski definition) is 3. The summed E-state index contributed by atoms with van der Waals surface area (Å²) < 4.78 is 4.93. The fraction of sp³-hybridized carbons (Fsp3) is 0.263. The molecule has 0 heterocycles. The van der Waals surface area contributed by atoms with Gasteiger partial charge in [0.25, 0.3) is 5.91 Å². The highest BCUT2D eigenvalue weighted by Gasteiger charge is 2.16. The molecule has 126 valence electrons. The van der Waals surface area contributed by atoms with Gasteiger partial charge in [0, 0.05) is 11.3 Å². The SMILES string of the molecule is CCOC(=O)c1ccc(NC(=O)c2ccc([Si](C)(C)C)cc2)cc1. The first-order chi connectivity index (χ1) is 11.3. The zero-order chi connectivity index (χ0) is 17.7. The van der Waals surface area contributed by atoms with E-state index in [2.05, 4.69) is 25.0 Å². The van der Waals surface area contributed by atoms with Crippen molar-refractivity contribution in [3.63, 3.8) is 0 Å². The van der Waals surface area contributed by atoms with Crippen molar-refractivity contribution in [1.82, 2.24) is 0 Å². The van der Waals surface area contributed by atoms with Crippen LogP contribution < -0.4 is 10.5 Å². The van der Waals surface area contributed by atoms with Crippen LogP contribution in [0.4, 0.5) is 5.69 Å². The van der Waals surface area contributed by atoms with Crippen molar-refractivity contribution < 1.29 is 14.3 Å². The third-order valence-corrected chi connectivity index (χ3v) is 5.73. The topological polar surface area (TPSA) is 55.4 Å². The van der Waals surface area contributed by atoms with E-state index in [9.17, 15) is 9.59 Å². The van der Waals surface area contributed by atoms with Crippen molar-refractivity contribution in [2.75, 3.05) is 11.9 Å². The van der Waals surface area contributed by atoms with Crippen LogP contribution in [0.5, 0.6) is 0 Å². The van der Waals surface area contributed by atoms with E-state index in [1.807, 2.05) is 24.3 Å². The van der Waals surface area contributed by atoms with E-state index in [0.717, 1.165) is 0 Å². The molecule has 2 aromatic rings. The first kappa shape index (κ1) is 17.9. The van der Waals surface area contributed by atoms with E-state index in [1.54, 1.807) is 31.2 Å². The molecule has 0 fully saturated rings. The predicted molar refractivity (Wildman–Crippen MR) is 99.8 cm³/mol. The van der Waals surface area contributed by atoms with Gasteiger partial charge in [-0.1, -0.05) is 37.0 Å². The molecule has 0 spiro atoms. The molecule has 2 aromatic carbocycles. The number of hydrogen-bond donors (Lipinski definition) is 1. The molecule has 1 amide bonds. The average molecular weight is 341 g/mol. The third kappa shape index (κ3) is 4.55. The van der Waals surface area contributed by atoms with Crippen LogP contribution in [-0.2, 0) is 4.74 Å². The Labute approximate surface area is 143 Å². The van der Waals surface area contributed by atoms with Crippen molar-refractivity contribution in [3.05, 3.63) is 59.7 Å². The van der Waals surface area contributed by atoms with Crippen LogP contribution in [0.2, 0.25) is 19.6 Å². The fourth-order valence-corrected chi connectivity index (χ4v) is 3.40. The molecule has 0 aromatic heterocycles. The molecule has 24 heavy (non-hydrogen) atoms. The van der Waals surface area contributed by atoms with Crippen molar-refractivity contribution in [2.24, 2.45) is 0 Å². The Balaban J connectivity index is 2.05. The first-order valence-electron chi connectivity index (χ1n) is 8.00. The highest BCUT2D eigenvalue weighted by Crippen LogP contribution is 2.13. The van der Waals surface area contributed by atoms with Crippen molar-refractivity contribution in [2.45, 2.75) is 26.6 Å². The quantitative estimate of drug-likeness (QED) is 0.667. The first-order valence-corrected chi connectivity index (χ1v) is 11.5. The van der Waals surface area contributed by atoms with Crippen LogP contribution in [0, 0.1) is 0 Å². The van der Waals surface area contributed by atoms with Gasteiger partial charge in [-0.2, -0.15) is 0 Å². The summed E-state index contributed by atoms with van der Waals surface area (Å²) in [4.78, 5) is 23.9. The Kier molecular flexibility index (Phi) is 5.57. The minimum atomic E-state index is -1.36. The second kappa shape index (κ2) is 7.44. The molecule has 0 atom stereocenters. The maximum Gasteiger partial charge on any atom is 0.338 e. The Bertz CT molecular complexity index is 716. The van der Waals surface area contributed by atoms with Crippen LogP contribution in [0.15, 0.2) is 48.5 Å².